The number of aromatic nitrogens is 2. The fourth-order valence-corrected chi connectivity index (χ4v) is 1.33. The highest BCUT2D eigenvalue weighted by Gasteiger charge is 2.18. The number of hydrogen-bond acceptors (Lipinski definition) is 3. The molecule has 0 aliphatic rings. The molecule has 1 N–H and O–H groups in total. The molecule has 0 saturated carbocycles. The lowest BCUT2D eigenvalue weighted by Crippen LogP contribution is -1.89. The molecule has 54 valence electrons. The van der Waals surface area contributed by atoms with Gasteiger partial charge in [0.15, 0.2) is 0 Å². The third-order valence-corrected chi connectivity index (χ3v) is 1.81. The minimum absolute atomic E-state index is 0.0700. The number of nitro groups is 1. The zero-order chi connectivity index (χ0) is 7.72. The summed E-state index contributed by atoms with van der Waals surface area (Å²) >= 11 is 1.81. The third kappa shape index (κ3) is 1.11. The van der Waals surface area contributed by atoms with Crippen LogP contribution in [0.25, 0.3) is 0 Å². The van der Waals surface area contributed by atoms with Crippen LogP contribution in [-0.4, -0.2) is 15.1 Å². The van der Waals surface area contributed by atoms with E-state index in [9.17, 15) is 10.1 Å². The lowest BCUT2D eigenvalue weighted by Gasteiger charge is -1.84. The topological polar surface area (TPSA) is 71.8 Å². The third-order valence-electron chi connectivity index (χ3n) is 1.05. The summed E-state index contributed by atoms with van der Waals surface area (Å²) in [5, 5.41) is 16.4. The molecular weight excluding hydrogens is 249 g/mol. The second-order valence-electron chi connectivity index (χ2n) is 1.75. The largest absolute Gasteiger partial charge is 0.323 e. The van der Waals surface area contributed by atoms with Gasteiger partial charge in [0.05, 0.1) is 4.92 Å². The lowest BCUT2D eigenvalue weighted by atomic mass is 10.4. The molecule has 1 aromatic rings. The Morgan fingerprint density at radius 2 is 2.40 bits per heavy atom. The highest BCUT2D eigenvalue weighted by molar-refractivity contribution is 14.1. The SMILES string of the molecule is Cc1[nH]nc(I)c1[N+](=O)[O-]. The number of hydrogen-bond donors (Lipinski definition) is 1. The minimum Gasteiger partial charge on any atom is -0.275 e. The Morgan fingerprint density at radius 1 is 1.80 bits per heavy atom. The summed E-state index contributed by atoms with van der Waals surface area (Å²) in [6.07, 6.45) is 0. The Labute approximate surface area is 70.1 Å². The van der Waals surface area contributed by atoms with Gasteiger partial charge in [-0.25, -0.2) is 0 Å². The summed E-state index contributed by atoms with van der Waals surface area (Å²) < 4.78 is 0.403. The number of rotatable bonds is 1. The van der Waals surface area contributed by atoms with Crippen LogP contribution in [-0.2, 0) is 0 Å². The highest BCUT2D eigenvalue weighted by atomic mass is 127. The summed E-state index contributed by atoms with van der Waals surface area (Å²) in [7, 11) is 0. The summed E-state index contributed by atoms with van der Waals surface area (Å²) in [5.41, 5.74) is 0.565. The molecule has 0 spiro atoms. The van der Waals surface area contributed by atoms with Crippen LogP contribution in [0.1, 0.15) is 5.69 Å². The van der Waals surface area contributed by atoms with Crippen molar-refractivity contribution < 1.29 is 4.92 Å². The maximum atomic E-state index is 10.2. The molecular formula is C4H4IN3O2. The van der Waals surface area contributed by atoms with E-state index in [0.717, 1.165) is 0 Å². The number of H-pyrrole nitrogens is 1. The van der Waals surface area contributed by atoms with Gasteiger partial charge in [0.1, 0.15) is 5.69 Å². The van der Waals surface area contributed by atoms with Crippen molar-refractivity contribution >= 4 is 28.3 Å². The molecule has 5 nitrogen and oxygen atoms in total. The zero-order valence-corrected chi connectivity index (χ0v) is 7.25. The van der Waals surface area contributed by atoms with E-state index < -0.39 is 4.92 Å². The second kappa shape index (κ2) is 2.52. The van der Waals surface area contributed by atoms with Crippen molar-refractivity contribution in [3.63, 3.8) is 0 Å². The Balaban J connectivity index is 3.23. The van der Waals surface area contributed by atoms with Crippen molar-refractivity contribution in [3.05, 3.63) is 19.5 Å². The summed E-state index contributed by atoms with van der Waals surface area (Å²) in [6.45, 7) is 1.62. The van der Waals surface area contributed by atoms with Gasteiger partial charge in [-0.15, -0.1) is 0 Å². The van der Waals surface area contributed by atoms with Crippen molar-refractivity contribution in [2.45, 2.75) is 6.92 Å². The van der Waals surface area contributed by atoms with Gasteiger partial charge >= 0.3 is 5.69 Å². The maximum absolute atomic E-state index is 10.2. The molecule has 0 fully saturated rings. The van der Waals surface area contributed by atoms with E-state index >= 15 is 0 Å². The number of nitrogens with one attached hydrogen (secondary N) is 1. The summed E-state index contributed by atoms with van der Waals surface area (Å²) in [4.78, 5) is 9.80. The van der Waals surface area contributed by atoms with Crippen LogP contribution in [0.2, 0.25) is 0 Å². The molecule has 1 heterocycles. The first-order chi connectivity index (χ1) is 4.63. The van der Waals surface area contributed by atoms with Crippen molar-refractivity contribution in [1.29, 1.82) is 0 Å². The normalized spacial score (nSPS) is 9.80. The first kappa shape index (κ1) is 7.45. The number of aromatic amines is 1. The van der Waals surface area contributed by atoms with Crippen molar-refractivity contribution in [2.24, 2.45) is 0 Å². The molecule has 0 saturated heterocycles. The molecule has 0 aromatic carbocycles. The zero-order valence-electron chi connectivity index (χ0n) is 5.09. The van der Waals surface area contributed by atoms with Gasteiger partial charge in [-0.05, 0) is 29.5 Å². The van der Waals surface area contributed by atoms with E-state index in [1.54, 1.807) is 6.92 Å². The van der Waals surface area contributed by atoms with Crippen LogP contribution < -0.4 is 0 Å². The minimum atomic E-state index is -0.444. The number of nitrogens with zero attached hydrogens (tertiary/aromatic N) is 2. The molecule has 0 unspecified atom stereocenters. The second-order valence-corrected chi connectivity index (χ2v) is 2.77. The molecule has 0 aliphatic carbocycles. The fraction of sp³-hybridized carbons (Fsp3) is 0.250. The van der Waals surface area contributed by atoms with Crippen molar-refractivity contribution in [1.82, 2.24) is 10.2 Å². The maximum Gasteiger partial charge on any atom is 0.323 e. The van der Waals surface area contributed by atoms with Crippen LogP contribution >= 0.6 is 22.6 Å². The smallest absolute Gasteiger partial charge is 0.275 e. The van der Waals surface area contributed by atoms with Gasteiger partial charge < -0.3 is 0 Å². The molecule has 0 atom stereocenters. The van der Waals surface area contributed by atoms with Crippen LogP contribution in [0, 0.1) is 20.7 Å². The predicted molar refractivity (Wildman–Crippen MR) is 42.7 cm³/mol. The van der Waals surface area contributed by atoms with Crippen molar-refractivity contribution in [2.75, 3.05) is 0 Å². The summed E-state index contributed by atoms with van der Waals surface area (Å²) in [5.74, 6) is 0. The Bertz CT molecular complexity index is 250. The first-order valence-electron chi connectivity index (χ1n) is 2.47. The van der Waals surface area contributed by atoms with E-state index in [-0.39, 0.29) is 5.69 Å². The molecule has 0 amide bonds. The van der Waals surface area contributed by atoms with E-state index in [4.69, 9.17) is 0 Å². The van der Waals surface area contributed by atoms with E-state index in [0.29, 0.717) is 9.39 Å². The Hall–Kier alpha value is -0.660. The average molecular weight is 253 g/mol. The van der Waals surface area contributed by atoms with E-state index in [1.807, 2.05) is 22.6 Å². The monoisotopic (exact) mass is 253 g/mol. The fourth-order valence-electron chi connectivity index (χ4n) is 0.606. The van der Waals surface area contributed by atoms with Gasteiger partial charge in [-0.1, -0.05) is 0 Å². The molecule has 0 bridgehead atoms. The Kier molecular flexibility index (Phi) is 1.88. The van der Waals surface area contributed by atoms with Gasteiger partial charge in [0.25, 0.3) is 0 Å². The molecule has 10 heavy (non-hydrogen) atoms. The van der Waals surface area contributed by atoms with Gasteiger partial charge in [-0.2, -0.15) is 5.10 Å². The standard InChI is InChI=1S/C4H4IN3O2/c1-2-3(8(9)10)4(5)7-6-2/h1H3,(H,6,7). The lowest BCUT2D eigenvalue weighted by molar-refractivity contribution is -0.386. The Morgan fingerprint density at radius 3 is 2.60 bits per heavy atom. The van der Waals surface area contributed by atoms with E-state index in [2.05, 4.69) is 10.2 Å². The molecule has 0 aliphatic heterocycles. The number of halogens is 1. The molecule has 0 radical (unpaired) electrons. The first-order valence-corrected chi connectivity index (χ1v) is 3.55. The van der Waals surface area contributed by atoms with E-state index in [1.165, 1.54) is 0 Å². The molecule has 1 aromatic heterocycles. The van der Waals surface area contributed by atoms with Gasteiger partial charge in [0, 0.05) is 0 Å². The molecule has 1 rings (SSSR count). The highest BCUT2D eigenvalue weighted by Crippen LogP contribution is 2.20. The van der Waals surface area contributed by atoms with Crippen LogP contribution in [0.3, 0.4) is 0 Å². The summed E-state index contributed by atoms with van der Waals surface area (Å²) in [6, 6.07) is 0. The van der Waals surface area contributed by atoms with Crippen LogP contribution in [0.5, 0.6) is 0 Å². The molecule has 6 heteroatoms. The average Bonchev–Trinajstić information content (AvgIpc) is 2.11. The van der Waals surface area contributed by atoms with Gasteiger partial charge in [-0.3, -0.25) is 15.2 Å². The van der Waals surface area contributed by atoms with Crippen LogP contribution in [0.15, 0.2) is 0 Å². The van der Waals surface area contributed by atoms with Crippen molar-refractivity contribution in [3.8, 4) is 0 Å². The predicted octanol–water partition coefficient (Wildman–Crippen LogP) is 1.23. The van der Waals surface area contributed by atoms with Gasteiger partial charge in [0.2, 0.25) is 3.70 Å². The van der Waals surface area contributed by atoms with Crippen LogP contribution in [0.4, 0.5) is 5.69 Å². The number of aryl methyl sites for hydroxylation is 1. The quantitative estimate of drug-likeness (QED) is 0.464.